The van der Waals surface area contributed by atoms with E-state index in [0.29, 0.717) is 17.8 Å². The van der Waals surface area contributed by atoms with Crippen LogP contribution in [0.3, 0.4) is 0 Å². The molecule has 108 valence electrons. The Kier molecular flexibility index (Phi) is 5.12. The van der Waals surface area contributed by atoms with Gasteiger partial charge in [-0.05, 0) is 38.3 Å². The van der Waals surface area contributed by atoms with E-state index in [1.54, 1.807) is 0 Å². The lowest BCUT2D eigenvalue weighted by molar-refractivity contribution is -0.120. The lowest BCUT2D eigenvalue weighted by Crippen LogP contribution is -2.26. The first-order valence-electron chi connectivity index (χ1n) is 6.93. The number of unbranched alkanes of at least 4 members (excludes halogenated alkanes) is 2. The molecule has 0 aliphatic carbocycles. The summed E-state index contributed by atoms with van der Waals surface area (Å²) < 4.78 is 5.20. The van der Waals surface area contributed by atoms with Crippen LogP contribution in [0, 0.1) is 6.92 Å². The maximum Gasteiger partial charge on any atom is 0.226 e. The van der Waals surface area contributed by atoms with Crippen molar-refractivity contribution < 1.29 is 14.4 Å². The summed E-state index contributed by atoms with van der Waals surface area (Å²) >= 11 is 0. The second-order valence-electron chi connectivity index (χ2n) is 4.94. The number of amides is 1. The first-order valence-corrected chi connectivity index (χ1v) is 6.93. The van der Waals surface area contributed by atoms with Gasteiger partial charge in [-0.25, -0.2) is 0 Å². The first kappa shape index (κ1) is 14.5. The molecule has 0 aliphatic rings. The third-order valence-electron chi connectivity index (χ3n) is 3.19. The van der Waals surface area contributed by atoms with Crippen LogP contribution in [0.5, 0.6) is 0 Å². The smallest absolute Gasteiger partial charge is 0.226 e. The molecular weight excluding hydrogens is 256 g/mol. The average Bonchev–Trinajstić information content (AvgIpc) is 2.81. The Morgan fingerprint density at radius 3 is 3.00 bits per heavy atom. The van der Waals surface area contributed by atoms with E-state index < -0.39 is 0 Å². The third-order valence-corrected chi connectivity index (χ3v) is 3.19. The number of aliphatic hydroxyl groups excluding tert-OH is 1. The quantitative estimate of drug-likeness (QED) is 0.758. The number of fused-ring (bicyclic) bond motifs is 1. The molecule has 5 nitrogen and oxygen atoms in total. The topological polar surface area (TPSA) is 75.4 Å². The Bertz CT molecular complexity index is 578. The zero-order valence-electron chi connectivity index (χ0n) is 11.7. The van der Waals surface area contributed by atoms with Gasteiger partial charge in [0, 0.05) is 18.5 Å². The van der Waals surface area contributed by atoms with Gasteiger partial charge in [0.05, 0.1) is 6.42 Å². The number of aliphatic hydroxyl groups is 1. The normalized spacial score (nSPS) is 10.9. The van der Waals surface area contributed by atoms with E-state index in [2.05, 4.69) is 10.5 Å². The summed E-state index contributed by atoms with van der Waals surface area (Å²) in [5.41, 5.74) is 2.50. The van der Waals surface area contributed by atoms with Gasteiger partial charge in [0.25, 0.3) is 0 Å². The highest BCUT2D eigenvalue weighted by Crippen LogP contribution is 2.20. The largest absolute Gasteiger partial charge is 0.396 e. The fraction of sp³-hybridized carbons (Fsp3) is 0.467. The van der Waals surface area contributed by atoms with E-state index in [1.165, 1.54) is 0 Å². The molecule has 0 fully saturated rings. The van der Waals surface area contributed by atoms with Gasteiger partial charge >= 0.3 is 0 Å². The molecular formula is C15H20N2O3. The molecule has 0 atom stereocenters. The number of nitrogens with one attached hydrogen (secondary N) is 1. The number of hydrogen-bond acceptors (Lipinski definition) is 4. The van der Waals surface area contributed by atoms with Crippen molar-refractivity contribution in [3.05, 3.63) is 29.5 Å². The lowest BCUT2D eigenvalue weighted by Gasteiger charge is -2.03. The van der Waals surface area contributed by atoms with Crippen molar-refractivity contribution in [2.24, 2.45) is 0 Å². The first-order chi connectivity index (χ1) is 9.70. The monoisotopic (exact) mass is 276 g/mol. The molecule has 1 amide bonds. The fourth-order valence-electron chi connectivity index (χ4n) is 2.09. The molecule has 2 aromatic rings. The van der Waals surface area contributed by atoms with Gasteiger partial charge in [0.1, 0.15) is 5.69 Å². The van der Waals surface area contributed by atoms with Crippen molar-refractivity contribution in [3.8, 4) is 0 Å². The minimum absolute atomic E-state index is 0.0503. The van der Waals surface area contributed by atoms with E-state index in [9.17, 15) is 4.79 Å². The van der Waals surface area contributed by atoms with Crippen LogP contribution in [0.15, 0.2) is 22.7 Å². The predicted molar refractivity (Wildman–Crippen MR) is 76.4 cm³/mol. The number of nitrogens with zero attached hydrogens (tertiary/aromatic N) is 1. The highest BCUT2D eigenvalue weighted by Gasteiger charge is 2.12. The second-order valence-corrected chi connectivity index (χ2v) is 4.94. The SMILES string of the molecule is Cc1ccc2onc(CC(=O)NCCCCCO)c2c1. The number of aryl methyl sites for hydroxylation is 1. The van der Waals surface area contributed by atoms with Crippen LogP contribution in [0.4, 0.5) is 0 Å². The highest BCUT2D eigenvalue weighted by atomic mass is 16.5. The number of rotatable bonds is 7. The summed E-state index contributed by atoms with van der Waals surface area (Å²) in [6, 6.07) is 5.81. The molecule has 0 saturated heterocycles. The van der Waals surface area contributed by atoms with Crippen LogP contribution in [-0.2, 0) is 11.2 Å². The average molecular weight is 276 g/mol. The van der Waals surface area contributed by atoms with E-state index in [-0.39, 0.29) is 18.9 Å². The van der Waals surface area contributed by atoms with Gasteiger partial charge in [-0.3, -0.25) is 4.79 Å². The number of carbonyl (C=O) groups excluding carboxylic acids is 1. The van der Waals surface area contributed by atoms with Crippen molar-refractivity contribution in [1.82, 2.24) is 10.5 Å². The maximum atomic E-state index is 11.8. The number of aromatic nitrogens is 1. The maximum absolute atomic E-state index is 11.8. The van der Waals surface area contributed by atoms with Gasteiger partial charge in [-0.2, -0.15) is 0 Å². The van der Waals surface area contributed by atoms with Crippen LogP contribution < -0.4 is 5.32 Å². The van der Waals surface area contributed by atoms with Crippen LogP contribution in [0.1, 0.15) is 30.5 Å². The Labute approximate surface area is 118 Å². The summed E-state index contributed by atoms with van der Waals surface area (Å²) in [7, 11) is 0. The molecule has 1 aromatic carbocycles. The van der Waals surface area contributed by atoms with Gasteiger partial charge in [-0.1, -0.05) is 16.8 Å². The summed E-state index contributed by atoms with van der Waals surface area (Å²) in [4.78, 5) is 11.8. The van der Waals surface area contributed by atoms with Crippen LogP contribution in [-0.4, -0.2) is 29.3 Å². The van der Waals surface area contributed by atoms with Crippen molar-refractivity contribution in [2.45, 2.75) is 32.6 Å². The Morgan fingerprint density at radius 1 is 1.35 bits per heavy atom. The molecule has 20 heavy (non-hydrogen) atoms. The van der Waals surface area contributed by atoms with Crippen LogP contribution in [0.25, 0.3) is 11.0 Å². The summed E-state index contributed by atoms with van der Waals surface area (Å²) in [5, 5.41) is 16.4. The van der Waals surface area contributed by atoms with E-state index in [4.69, 9.17) is 9.63 Å². The molecule has 0 aliphatic heterocycles. The van der Waals surface area contributed by atoms with Crippen molar-refractivity contribution in [1.29, 1.82) is 0 Å². The molecule has 0 spiro atoms. The molecule has 0 unspecified atom stereocenters. The third kappa shape index (κ3) is 3.81. The van der Waals surface area contributed by atoms with Crippen LogP contribution in [0.2, 0.25) is 0 Å². The molecule has 0 saturated carbocycles. The number of carbonyl (C=O) groups is 1. The van der Waals surface area contributed by atoms with E-state index in [1.807, 2.05) is 25.1 Å². The summed E-state index contributed by atoms with van der Waals surface area (Å²) in [6.45, 7) is 2.84. The van der Waals surface area contributed by atoms with Gasteiger partial charge in [-0.15, -0.1) is 0 Å². The molecule has 2 N–H and O–H groups in total. The van der Waals surface area contributed by atoms with Crippen molar-refractivity contribution in [2.75, 3.05) is 13.2 Å². The highest BCUT2D eigenvalue weighted by molar-refractivity contribution is 5.86. The van der Waals surface area contributed by atoms with Gasteiger partial charge < -0.3 is 14.9 Å². The molecule has 1 aromatic heterocycles. The molecule has 0 radical (unpaired) electrons. The second kappa shape index (κ2) is 7.05. The van der Waals surface area contributed by atoms with Crippen LogP contribution >= 0.6 is 0 Å². The Morgan fingerprint density at radius 2 is 2.20 bits per heavy atom. The Hall–Kier alpha value is -1.88. The van der Waals surface area contributed by atoms with Gasteiger partial charge in [0.15, 0.2) is 5.58 Å². The minimum atomic E-state index is -0.0503. The summed E-state index contributed by atoms with van der Waals surface area (Å²) in [5.74, 6) is -0.0503. The molecule has 1 heterocycles. The molecule has 5 heteroatoms. The molecule has 2 rings (SSSR count). The van der Waals surface area contributed by atoms with E-state index in [0.717, 1.165) is 30.2 Å². The Balaban J connectivity index is 1.88. The van der Waals surface area contributed by atoms with Crippen molar-refractivity contribution in [3.63, 3.8) is 0 Å². The fourth-order valence-corrected chi connectivity index (χ4v) is 2.09. The van der Waals surface area contributed by atoms with Gasteiger partial charge in [0.2, 0.25) is 5.91 Å². The number of hydrogen-bond donors (Lipinski definition) is 2. The lowest BCUT2D eigenvalue weighted by atomic mass is 10.1. The zero-order valence-corrected chi connectivity index (χ0v) is 11.7. The zero-order chi connectivity index (χ0) is 14.4. The predicted octanol–water partition coefficient (Wildman–Crippen LogP) is 1.96. The number of benzene rings is 1. The summed E-state index contributed by atoms with van der Waals surface area (Å²) in [6.07, 6.45) is 2.81. The minimum Gasteiger partial charge on any atom is -0.396 e. The standard InChI is InChI=1S/C15H20N2O3/c1-11-5-6-14-12(9-11)13(17-20-14)10-15(19)16-7-3-2-4-8-18/h5-6,9,18H,2-4,7-8,10H2,1H3,(H,16,19). The van der Waals surface area contributed by atoms with Crippen molar-refractivity contribution >= 4 is 16.9 Å². The van der Waals surface area contributed by atoms with E-state index >= 15 is 0 Å². The molecule has 0 bridgehead atoms.